The van der Waals surface area contributed by atoms with Gasteiger partial charge in [-0.15, -0.1) is 5.10 Å². The standard InChI is InChI=1S/C16H12FN3O2/c1-22-15-8-3-2-7-14(15)20-16(13(10-21)18-19-20)11-5-4-6-12(17)9-11/h2-10H,1H3. The molecular weight excluding hydrogens is 285 g/mol. The van der Waals surface area contributed by atoms with Gasteiger partial charge in [-0.1, -0.05) is 29.5 Å². The quantitative estimate of drug-likeness (QED) is 0.695. The van der Waals surface area contributed by atoms with Crippen molar-refractivity contribution in [3.8, 4) is 22.7 Å². The van der Waals surface area contributed by atoms with Gasteiger partial charge in [0, 0.05) is 5.56 Å². The predicted octanol–water partition coefficient (Wildman–Crippen LogP) is 2.89. The second-order valence-electron chi connectivity index (χ2n) is 4.54. The number of aldehydes is 1. The summed E-state index contributed by atoms with van der Waals surface area (Å²) in [6.45, 7) is 0. The minimum Gasteiger partial charge on any atom is -0.494 e. The molecule has 0 saturated heterocycles. The number of benzene rings is 2. The zero-order chi connectivity index (χ0) is 15.5. The lowest BCUT2D eigenvalue weighted by Crippen LogP contribution is -2.02. The van der Waals surface area contributed by atoms with Crippen LogP contribution in [0.15, 0.2) is 48.5 Å². The van der Waals surface area contributed by atoms with Crippen molar-refractivity contribution in [1.82, 2.24) is 15.0 Å². The molecule has 0 saturated carbocycles. The minimum atomic E-state index is -0.401. The lowest BCUT2D eigenvalue weighted by molar-refractivity contribution is 0.111. The van der Waals surface area contributed by atoms with Gasteiger partial charge in [0.15, 0.2) is 12.0 Å². The van der Waals surface area contributed by atoms with Crippen molar-refractivity contribution in [2.24, 2.45) is 0 Å². The van der Waals surface area contributed by atoms with E-state index < -0.39 is 5.82 Å². The Kier molecular flexibility index (Phi) is 3.65. The summed E-state index contributed by atoms with van der Waals surface area (Å²) in [4.78, 5) is 11.2. The molecule has 1 heterocycles. The normalized spacial score (nSPS) is 10.5. The molecule has 0 fully saturated rings. The van der Waals surface area contributed by atoms with Gasteiger partial charge in [-0.2, -0.15) is 0 Å². The summed E-state index contributed by atoms with van der Waals surface area (Å²) in [7, 11) is 1.54. The summed E-state index contributed by atoms with van der Waals surface area (Å²) in [6, 6.07) is 13.1. The third-order valence-electron chi connectivity index (χ3n) is 3.22. The Hall–Kier alpha value is -3.02. The average molecular weight is 297 g/mol. The Morgan fingerprint density at radius 1 is 1.18 bits per heavy atom. The second-order valence-corrected chi connectivity index (χ2v) is 4.54. The number of carbonyl (C=O) groups is 1. The van der Waals surface area contributed by atoms with E-state index >= 15 is 0 Å². The number of ether oxygens (including phenoxy) is 1. The molecule has 0 atom stereocenters. The smallest absolute Gasteiger partial charge is 0.172 e. The van der Waals surface area contributed by atoms with Crippen LogP contribution in [0.25, 0.3) is 16.9 Å². The molecule has 3 rings (SSSR count). The van der Waals surface area contributed by atoms with Crippen LogP contribution in [-0.4, -0.2) is 28.4 Å². The predicted molar refractivity (Wildman–Crippen MR) is 78.7 cm³/mol. The van der Waals surface area contributed by atoms with Crippen molar-refractivity contribution in [1.29, 1.82) is 0 Å². The second kappa shape index (κ2) is 5.77. The molecule has 1 aromatic heterocycles. The summed E-state index contributed by atoms with van der Waals surface area (Å²) in [6.07, 6.45) is 0.596. The van der Waals surface area contributed by atoms with E-state index in [-0.39, 0.29) is 5.69 Å². The van der Waals surface area contributed by atoms with Gasteiger partial charge in [-0.25, -0.2) is 9.07 Å². The Morgan fingerprint density at radius 3 is 2.73 bits per heavy atom. The number of nitrogens with zero attached hydrogens (tertiary/aromatic N) is 3. The molecule has 0 radical (unpaired) electrons. The van der Waals surface area contributed by atoms with Crippen LogP contribution in [0.5, 0.6) is 5.75 Å². The number of halogens is 1. The molecule has 6 heteroatoms. The monoisotopic (exact) mass is 297 g/mol. The van der Waals surface area contributed by atoms with Crippen LogP contribution in [0.2, 0.25) is 0 Å². The Bertz CT molecular complexity index is 830. The highest BCUT2D eigenvalue weighted by molar-refractivity contribution is 5.84. The lowest BCUT2D eigenvalue weighted by atomic mass is 10.1. The summed E-state index contributed by atoms with van der Waals surface area (Å²) in [5, 5.41) is 7.86. The van der Waals surface area contributed by atoms with Gasteiger partial charge >= 0.3 is 0 Å². The summed E-state index contributed by atoms with van der Waals surface area (Å²) in [5.41, 5.74) is 1.68. The Morgan fingerprint density at radius 2 is 2.00 bits per heavy atom. The van der Waals surface area contributed by atoms with E-state index in [1.807, 2.05) is 12.1 Å². The maximum atomic E-state index is 13.5. The maximum absolute atomic E-state index is 13.5. The molecule has 0 N–H and O–H groups in total. The Balaban J connectivity index is 2.26. The van der Waals surface area contributed by atoms with Crippen molar-refractivity contribution in [2.75, 3.05) is 7.11 Å². The fourth-order valence-electron chi connectivity index (χ4n) is 2.25. The summed E-state index contributed by atoms with van der Waals surface area (Å²) < 4.78 is 20.3. The molecule has 0 aliphatic heterocycles. The van der Waals surface area contributed by atoms with Crippen molar-refractivity contribution < 1.29 is 13.9 Å². The van der Waals surface area contributed by atoms with Crippen LogP contribution in [-0.2, 0) is 0 Å². The van der Waals surface area contributed by atoms with Crippen molar-refractivity contribution >= 4 is 6.29 Å². The van der Waals surface area contributed by atoms with Crippen molar-refractivity contribution in [2.45, 2.75) is 0 Å². The average Bonchev–Trinajstić information content (AvgIpc) is 2.98. The number of para-hydroxylation sites is 2. The molecule has 0 aliphatic rings. The first-order chi connectivity index (χ1) is 10.7. The zero-order valence-electron chi connectivity index (χ0n) is 11.7. The van der Waals surface area contributed by atoms with Crippen molar-refractivity contribution in [3.05, 3.63) is 60.0 Å². The minimum absolute atomic E-state index is 0.136. The molecule has 110 valence electrons. The molecule has 0 amide bonds. The van der Waals surface area contributed by atoms with Crippen LogP contribution in [0, 0.1) is 5.82 Å². The van der Waals surface area contributed by atoms with E-state index in [0.717, 1.165) is 0 Å². The van der Waals surface area contributed by atoms with Crippen LogP contribution in [0.1, 0.15) is 10.5 Å². The molecule has 2 aromatic carbocycles. The molecule has 0 unspecified atom stereocenters. The third-order valence-corrected chi connectivity index (χ3v) is 3.22. The van der Waals surface area contributed by atoms with Gasteiger partial charge in [-0.3, -0.25) is 4.79 Å². The SMILES string of the molecule is COc1ccccc1-n1nnc(C=O)c1-c1cccc(F)c1. The van der Waals surface area contributed by atoms with E-state index in [2.05, 4.69) is 10.3 Å². The lowest BCUT2D eigenvalue weighted by Gasteiger charge is -2.11. The van der Waals surface area contributed by atoms with Gasteiger partial charge in [0.1, 0.15) is 22.9 Å². The number of aromatic nitrogens is 3. The van der Waals surface area contributed by atoms with E-state index in [9.17, 15) is 9.18 Å². The van der Waals surface area contributed by atoms with Gasteiger partial charge in [0.25, 0.3) is 0 Å². The van der Waals surface area contributed by atoms with E-state index in [0.29, 0.717) is 29.0 Å². The molecule has 22 heavy (non-hydrogen) atoms. The van der Waals surface area contributed by atoms with E-state index in [1.165, 1.54) is 23.9 Å². The van der Waals surface area contributed by atoms with Crippen LogP contribution in [0.3, 0.4) is 0 Å². The number of hydrogen-bond acceptors (Lipinski definition) is 4. The molecule has 5 nitrogen and oxygen atoms in total. The first kappa shape index (κ1) is 13.9. The highest BCUT2D eigenvalue weighted by Gasteiger charge is 2.18. The zero-order valence-corrected chi connectivity index (χ0v) is 11.7. The van der Waals surface area contributed by atoms with Gasteiger partial charge in [-0.05, 0) is 24.3 Å². The largest absolute Gasteiger partial charge is 0.494 e. The summed E-state index contributed by atoms with van der Waals surface area (Å²) in [5.74, 6) is 0.171. The fourth-order valence-corrected chi connectivity index (χ4v) is 2.25. The highest BCUT2D eigenvalue weighted by atomic mass is 19.1. The fraction of sp³-hybridized carbons (Fsp3) is 0.0625. The van der Waals surface area contributed by atoms with E-state index in [1.54, 1.807) is 24.3 Å². The molecule has 0 aliphatic carbocycles. The van der Waals surface area contributed by atoms with Crippen molar-refractivity contribution in [3.63, 3.8) is 0 Å². The molecule has 0 spiro atoms. The molecule has 3 aromatic rings. The first-order valence-electron chi connectivity index (χ1n) is 6.55. The third kappa shape index (κ3) is 2.35. The van der Waals surface area contributed by atoms with Crippen LogP contribution in [0.4, 0.5) is 4.39 Å². The van der Waals surface area contributed by atoms with Crippen LogP contribution < -0.4 is 4.74 Å². The van der Waals surface area contributed by atoms with Gasteiger partial charge in [0.05, 0.1) is 7.11 Å². The number of hydrogen-bond donors (Lipinski definition) is 0. The van der Waals surface area contributed by atoms with Gasteiger partial charge in [0.2, 0.25) is 0 Å². The maximum Gasteiger partial charge on any atom is 0.172 e. The van der Waals surface area contributed by atoms with Gasteiger partial charge < -0.3 is 4.74 Å². The summed E-state index contributed by atoms with van der Waals surface area (Å²) >= 11 is 0. The topological polar surface area (TPSA) is 57.0 Å². The Labute approximate surface area is 126 Å². The number of rotatable bonds is 4. The molecule has 0 bridgehead atoms. The van der Waals surface area contributed by atoms with E-state index in [4.69, 9.17) is 4.74 Å². The highest BCUT2D eigenvalue weighted by Crippen LogP contribution is 2.29. The molecular formula is C16H12FN3O2. The first-order valence-corrected chi connectivity index (χ1v) is 6.55. The van der Waals surface area contributed by atoms with Crippen LogP contribution >= 0.6 is 0 Å². The number of carbonyl (C=O) groups excluding carboxylic acids is 1. The number of methoxy groups -OCH3 is 1.